The number of pyridine rings is 1. The number of piperidine rings is 1. The highest BCUT2D eigenvalue weighted by atomic mass is 32.5. The van der Waals surface area contributed by atoms with E-state index in [1.165, 1.54) is 0 Å². The topological polar surface area (TPSA) is 71.1 Å². The second-order valence-electron chi connectivity index (χ2n) is 9.99. The molecule has 1 N–H and O–H groups in total. The molecule has 0 bridgehead atoms. The lowest BCUT2D eigenvalue weighted by atomic mass is 9.87. The number of benzene rings is 1. The Morgan fingerprint density at radius 3 is 2.19 bits per heavy atom. The first kappa shape index (κ1) is 25.9. The Kier molecular flexibility index (Phi) is 6.06. The normalized spacial score (nSPS) is 23.6. The van der Waals surface area contributed by atoms with Crippen LogP contribution in [-0.4, -0.2) is 52.1 Å². The van der Waals surface area contributed by atoms with Crippen molar-refractivity contribution in [1.82, 2.24) is 19.9 Å². The van der Waals surface area contributed by atoms with E-state index in [1.807, 2.05) is 6.07 Å². The fourth-order valence-electron chi connectivity index (χ4n) is 5.47. The van der Waals surface area contributed by atoms with Gasteiger partial charge >= 0.3 is 10.2 Å². The number of ether oxygens (including phenoxy) is 1. The average molecular weight is 545 g/mol. The lowest BCUT2D eigenvalue weighted by molar-refractivity contribution is 0.0652. The molecule has 0 radical (unpaired) electrons. The molecule has 37 heavy (non-hydrogen) atoms. The number of rotatable bonds is 5. The van der Waals surface area contributed by atoms with E-state index in [2.05, 4.69) is 9.97 Å². The van der Waals surface area contributed by atoms with Crippen molar-refractivity contribution in [2.45, 2.75) is 61.4 Å². The highest BCUT2D eigenvalue weighted by molar-refractivity contribution is 8.45. The number of likely N-dealkylation sites (tertiary alicyclic amines) is 1. The first-order valence-electron chi connectivity index (χ1n) is 12.3. The summed E-state index contributed by atoms with van der Waals surface area (Å²) in [5.41, 5.74) is 2.59. The Bertz CT molecular complexity index is 1300. The van der Waals surface area contributed by atoms with Gasteiger partial charge in [0, 0.05) is 37.9 Å². The van der Waals surface area contributed by atoms with Gasteiger partial charge in [-0.15, -0.1) is 0 Å². The van der Waals surface area contributed by atoms with Crippen molar-refractivity contribution in [2.75, 3.05) is 20.2 Å². The third-order valence-corrected chi connectivity index (χ3v) is 8.76. The van der Waals surface area contributed by atoms with Gasteiger partial charge < -0.3 is 14.6 Å². The molecule has 12 heteroatoms. The van der Waals surface area contributed by atoms with Gasteiger partial charge in [0.05, 0.1) is 6.10 Å². The van der Waals surface area contributed by atoms with Crippen LogP contribution < -0.4 is 0 Å². The summed E-state index contributed by atoms with van der Waals surface area (Å²) in [5, 5.41) is 0. The van der Waals surface area contributed by atoms with E-state index in [0.717, 1.165) is 60.4 Å². The molecule has 0 unspecified atom stereocenters. The predicted octanol–water partition coefficient (Wildman–Crippen LogP) is 7.31. The number of aromatic amines is 1. The van der Waals surface area contributed by atoms with Gasteiger partial charge in [-0.3, -0.25) is 4.79 Å². The molecule has 2 aliphatic rings. The van der Waals surface area contributed by atoms with Gasteiger partial charge in [0.2, 0.25) is 0 Å². The van der Waals surface area contributed by atoms with Crippen LogP contribution in [0.25, 0.3) is 11.2 Å². The van der Waals surface area contributed by atoms with Crippen LogP contribution in [-0.2, 0) is 4.74 Å². The van der Waals surface area contributed by atoms with Gasteiger partial charge in [0.15, 0.2) is 5.65 Å². The minimum absolute atomic E-state index is 0.0458. The second-order valence-corrected chi connectivity index (χ2v) is 12.4. The smallest absolute Gasteiger partial charge is 0.310 e. The molecule has 2 aromatic heterocycles. The average Bonchev–Trinajstić information content (AvgIpc) is 3.32. The molecule has 5 rings (SSSR count). The zero-order chi connectivity index (χ0) is 26.5. The summed E-state index contributed by atoms with van der Waals surface area (Å²) < 4.78 is 70.3. The van der Waals surface area contributed by atoms with Gasteiger partial charge in [-0.1, -0.05) is 19.4 Å². The minimum Gasteiger partial charge on any atom is -0.381 e. The van der Waals surface area contributed by atoms with Crippen LogP contribution in [0.1, 0.15) is 72.1 Å². The molecular weight excluding hydrogens is 515 g/mol. The number of amides is 1. The predicted molar refractivity (Wildman–Crippen MR) is 132 cm³/mol. The molecule has 2 fully saturated rings. The number of halogens is 5. The highest BCUT2D eigenvalue weighted by Gasteiger charge is 2.65. The number of carbonyl (C=O) groups is 1. The number of nitrogens with zero attached hydrogens (tertiary/aromatic N) is 3. The van der Waals surface area contributed by atoms with E-state index in [-0.39, 0.29) is 23.6 Å². The van der Waals surface area contributed by atoms with Crippen LogP contribution in [0.4, 0.5) is 19.4 Å². The molecule has 202 valence electrons. The Hall–Kier alpha value is -2.73. The summed E-state index contributed by atoms with van der Waals surface area (Å²) in [4.78, 5) is 25.1. The number of methoxy groups -OCH3 is 1. The first-order valence-corrected chi connectivity index (χ1v) is 14.3. The molecule has 0 atom stereocenters. The quantitative estimate of drug-likeness (QED) is 0.342. The van der Waals surface area contributed by atoms with Crippen LogP contribution in [0, 0.1) is 0 Å². The van der Waals surface area contributed by atoms with E-state index in [1.54, 1.807) is 18.2 Å². The van der Waals surface area contributed by atoms with Crippen molar-refractivity contribution in [2.24, 2.45) is 0 Å². The zero-order valence-electron chi connectivity index (χ0n) is 20.3. The summed E-state index contributed by atoms with van der Waals surface area (Å²) in [6.07, 6.45) is 7.33. The Morgan fingerprint density at radius 2 is 1.59 bits per heavy atom. The number of hydrogen-bond acceptors (Lipinski definition) is 4. The number of imidazole rings is 1. The Balaban J connectivity index is 1.26. The molecule has 1 saturated heterocycles. The van der Waals surface area contributed by atoms with E-state index in [0.29, 0.717) is 38.0 Å². The summed E-state index contributed by atoms with van der Waals surface area (Å²) in [5.74, 6) is 0.941. The molecular formula is C25H29F5N4O2S. The standard InChI is InChI=1S/C25H29F5N4O2S/c1-36-19-6-2-17(3-7-19)23-32-22-21(10-13-31-24(22)33-23)16-11-14-34(15-12-16)25(35)18-4-8-20(9-5-18)37(26,27,28,29)30/h4-5,8-10,13,16-17,19H,2-3,6-7,11-12,14-15H2,1H3,(H,31,32,33)/t17-,19+. The van der Waals surface area contributed by atoms with Crippen LogP contribution in [0.2, 0.25) is 0 Å². The molecule has 3 aromatic rings. The van der Waals surface area contributed by atoms with Crippen LogP contribution in [0.15, 0.2) is 41.4 Å². The van der Waals surface area contributed by atoms with Crippen molar-refractivity contribution in [3.05, 3.63) is 53.5 Å². The van der Waals surface area contributed by atoms with Crippen molar-refractivity contribution in [1.29, 1.82) is 0 Å². The fraction of sp³-hybridized carbons (Fsp3) is 0.480. The number of nitrogens with one attached hydrogen (secondary N) is 1. The number of H-pyrrole nitrogens is 1. The number of aromatic nitrogens is 3. The molecule has 1 saturated carbocycles. The molecule has 1 aliphatic carbocycles. The Labute approximate surface area is 211 Å². The monoisotopic (exact) mass is 544 g/mol. The van der Waals surface area contributed by atoms with Gasteiger partial charge in [-0.05, 0) is 80.3 Å². The van der Waals surface area contributed by atoms with Gasteiger partial charge in [-0.2, -0.15) is 0 Å². The number of carbonyl (C=O) groups excluding carboxylic acids is 1. The van der Waals surface area contributed by atoms with Crippen LogP contribution in [0.5, 0.6) is 0 Å². The van der Waals surface area contributed by atoms with Crippen molar-refractivity contribution >= 4 is 27.3 Å². The van der Waals surface area contributed by atoms with E-state index in [4.69, 9.17) is 9.72 Å². The van der Waals surface area contributed by atoms with Crippen molar-refractivity contribution < 1.29 is 29.0 Å². The van der Waals surface area contributed by atoms with Gasteiger partial charge in [0.1, 0.15) is 16.2 Å². The number of fused-ring (bicyclic) bond motifs is 1. The molecule has 1 aromatic carbocycles. The summed E-state index contributed by atoms with van der Waals surface area (Å²) in [6.45, 7) is 0.796. The summed E-state index contributed by atoms with van der Waals surface area (Å²) in [7, 11) is -8.03. The highest BCUT2D eigenvalue weighted by Crippen LogP contribution is 3.02. The van der Waals surface area contributed by atoms with Gasteiger partial charge in [-0.25, -0.2) is 9.97 Å². The van der Waals surface area contributed by atoms with E-state index >= 15 is 0 Å². The van der Waals surface area contributed by atoms with Gasteiger partial charge in [0.25, 0.3) is 5.91 Å². The molecule has 1 aliphatic heterocycles. The SMILES string of the molecule is CO[C@H]1CC[C@@H](c2nc3c(C4CCN(C(=O)c5ccc(S(F)(F)(F)(F)F)cc5)CC4)ccnc3[nH]2)CC1. The van der Waals surface area contributed by atoms with E-state index in [9.17, 15) is 24.2 Å². The maximum atomic E-state index is 13.0. The maximum absolute atomic E-state index is 13.0. The van der Waals surface area contributed by atoms with Crippen molar-refractivity contribution in [3.63, 3.8) is 0 Å². The summed E-state index contributed by atoms with van der Waals surface area (Å²) in [6, 6.07) is 4.16. The lowest BCUT2D eigenvalue weighted by Crippen LogP contribution is -2.38. The molecule has 3 heterocycles. The minimum atomic E-state index is -9.77. The molecule has 0 spiro atoms. The molecule has 6 nitrogen and oxygen atoms in total. The number of hydrogen-bond donors (Lipinski definition) is 1. The third kappa shape index (κ3) is 5.45. The second kappa shape index (κ2) is 8.65. The van der Waals surface area contributed by atoms with E-state index < -0.39 is 21.0 Å². The first-order chi connectivity index (χ1) is 17.3. The van der Waals surface area contributed by atoms with Crippen LogP contribution >= 0.6 is 10.2 Å². The third-order valence-electron chi connectivity index (χ3n) is 7.60. The fourth-order valence-corrected chi connectivity index (χ4v) is 6.12. The molecule has 1 amide bonds. The van der Waals surface area contributed by atoms with Crippen LogP contribution in [0.3, 0.4) is 0 Å². The largest absolute Gasteiger partial charge is 0.381 e. The summed E-state index contributed by atoms with van der Waals surface area (Å²) >= 11 is 0. The zero-order valence-corrected chi connectivity index (χ0v) is 21.1. The Morgan fingerprint density at radius 1 is 0.946 bits per heavy atom. The van der Waals surface area contributed by atoms with Crippen molar-refractivity contribution in [3.8, 4) is 0 Å². The lowest BCUT2D eigenvalue weighted by Gasteiger charge is -2.40. The maximum Gasteiger partial charge on any atom is 0.310 e.